The van der Waals surface area contributed by atoms with E-state index in [0.717, 1.165) is 23.6 Å². The first-order valence-corrected chi connectivity index (χ1v) is 11.7. The van der Waals surface area contributed by atoms with E-state index in [1.54, 1.807) is 34.0 Å². The predicted octanol–water partition coefficient (Wildman–Crippen LogP) is -2.21. The summed E-state index contributed by atoms with van der Waals surface area (Å²) >= 11 is 5.03. The van der Waals surface area contributed by atoms with Gasteiger partial charge >= 0.3 is 19.5 Å². The number of hydrogen-bond acceptors (Lipinski definition) is 8. The van der Waals surface area contributed by atoms with Gasteiger partial charge < -0.3 is 37.2 Å². The van der Waals surface area contributed by atoms with Crippen molar-refractivity contribution in [2.45, 2.75) is 0 Å². The Labute approximate surface area is 246 Å². The number of thiazole rings is 3. The Morgan fingerprint density at radius 3 is 1.06 bits per heavy atom. The minimum absolute atomic E-state index is 0. The average molecular weight is 676 g/mol. The van der Waals surface area contributed by atoms with Crippen molar-refractivity contribution in [2.24, 2.45) is 0 Å². The van der Waals surface area contributed by atoms with E-state index in [9.17, 15) is 0 Å². The zero-order chi connectivity index (χ0) is 21.9. The summed E-state index contributed by atoms with van der Waals surface area (Å²) in [5.41, 5.74) is 8.90. The summed E-state index contributed by atoms with van der Waals surface area (Å²) < 4.78 is 3.78. The van der Waals surface area contributed by atoms with Gasteiger partial charge in [-0.25, -0.2) is 15.0 Å². The molecule has 6 nitrogen and oxygen atoms in total. The maximum atomic E-state index is 8.81. The van der Waals surface area contributed by atoms with Crippen molar-refractivity contribution in [3.8, 4) is 0 Å². The first kappa shape index (κ1) is 35.4. The zero-order valence-electron chi connectivity index (χ0n) is 18.0. The Balaban J connectivity index is 0. The standard InChI is InChI=1S/3C7H5NS.CH3NO2.3ClH.Rh/c3*1-2-4-7-6(3-1)8-5-9-7;1-2(3)4;;;;/h3*1-5H;1H3;3*1H;/q;;;;;;;+3/p-3. The van der Waals surface area contributed by atoms with Crippen molar-refractivity contribution in [1.82, 2.24) is 15.0 Å². The van der Waals surface area contributed by atoms with E-state index in [4.69, 9.17) is 10.1 Å². The quantitative estimate of drug-likeness (QED) is 0.104. The Bertz CT molecular complexity index is 1130. The maximum Gasteiger partial charge on any atom is 3.00 e. The molecular weight excluding hydrogens is 658 g/mol. The molecule has 0 fully saturated rings. The van der Waals surface area contributed by atoms with Gasteiger partial charge in [0.15, 0.2) is 7.05 Å². The molecular formula is C22H18Cl3N4O2RhS3. The summed E-state index contributed by atoms with van der Waals surface area (Å²) in [6.45, 7) is 0. The van der Waals surface area contributed by atoms with Gasteiger partial charge in [-0.15, -0.1) is 34.0 Å². The Morgan fingerprint density at radius 2 is 0.829 bits per heavy atom. The van der Waals surface area contributed by atoms with Gasteiger partial charge in [0, 0.05) is 4.92 Å². The van der Waals surface area contributed by atoms with E-state index in [1.165, 1.54) is 14.1 Å². The number of aromatic nitrogens is 3. The minimum Gasteiger partial charge on any atom is -1.00 e. The van der Waals surface area contributed by atoms with Gasteiger partial charge in [-0.05, 0) is 36.4 Å². The molecule has 186 valence electrons. The third-order valence-corrected chi connectivity index (χ3v) is 6.14. The molecule has 0 amide bonds. The topological polar surface area (TPSA) is 81.8 Å². The molecule has 0 N–H and O–H groups in total. The number of rotatable bonds is 0. The molecule has 0 saturated carbocycles. The van der Waals surface area contributed by atoms with Crippen LogP contribution >= 0.6 is 34.0 Å². The van der Waals surface area contributed by atoms with Crippen molar-refractivity contribution in [1.29, 1.82) is 0 Å². The molecule has 13 heteroatoms. The summed E-state index contributed by atoms with van der Waals surface area (Å²) in [6, 6.07) is 24.4. The van der Waals surface area contributed by atoms with Crippen LogP contribution in [-0.2, 0) is 19.5 Å². The normalized spacial score (nSPS) is 8.60. The first-order chi connectivity index (χ1) is 15.1. The van der Waals surface area contributed by atoms with Crippen LogP contribution in [0.2, 0.25) is 0 Å². The zero-order valence-corrected chi connectivity index (χ0v) is 24.3. The molecule has 6 aromatic rings. The smallest absolute Gasteiger partial charge is 1.00 e. The van der Waals surface area contributed by atoms with Crippen LogP contribution in [0.15, 0.2) is 89.3 Å². The number of nitro groups is 1. The van der Waals surface area contributed by atoms with Gasteiger partial charge in [0.05, 0.1) is 47.2 Å². The molecule has 0 unspecified atom stereocenters. The fraction of sp³-hybridized carbons (Fsp3) is 0.0455. The molecule has 35 heavy (non-hydrogen) atoms. The Morgan fingerprint density at radius 1 is 0.600 bits per heavy atom. The number of nitrogens with zero attached hydrogens (tertiary/aromatic N) is 4. The Kier molecular flexibility index (Phi) is 19.6. The third kappa shape index (κ3) is 12.1. The predicted molar refractivity (Wildman–Crippen MR) is 132 cm³/mol. The molecule has 3 heterocycles. The number of benzene rings is 3. The van der Waals surface area contributed by atoms with Crippen LogP contribution in [-0.4, -0.2) is 26.9 Å². The van der Waals surface area contributed by atoms with Crippen LogP contribution in [0.25, 0.3) is 30.6 Å². The van der Waals surface area contributed by atoms with E-state index >= 15 is 0 Å². The number of hydrogen-bond donors (Lipinski definition) is 0. The van der Waals surface area contributed by atoms with E-state index in [2.05, 4.69) is 33.2 Å². The molecule has 0 bridgehead atoms. The molecule has 0 atom stereocenters. The van der Waals surface area contributed by atoms with Crippen LogP contribution in [0.5, 0.6) is 0 Å². The van der Waals surface area contributed by atoms with Crippen molar-refractivity contribution >= 4 is 64.7 Å². The van der Waals surface area contributed by atoms with E-state index in [1.807, 2.05) is 71.1 Å². The van der Waals surface area contributed by atoms with E-state index in [-0.39, 0.29) is 56.7 Å². The number of para-hydroxylation sites is 3. The molecule has 6 rings (SSSR count). The van der Waals surface area contributed by atoms with Gasteiger partial charge in [-0.2, -0.15) is 0 Å². The first-order valence-electron chi connectivity index (χ1n) is 9.06. The molecule has 0 spiro atoms. The molecule has 0 saturated heterocycles. The molecule has 0 aliphatic heterocycles. The van der Waals surface area contributed by atoms with Gasteiger partial charge in [-0.3, -0.25) is 10.1 Å². The SMILES string of the molecule is C[N+](=O)[O-].[Cl-].[Cl-].[Cl-].[Rh+3].c1ccc2scnc2c1.c1ccc2scnc2c1.c1ccc2scnc2c1. The van der Waals surface area contributed by atoms with Crippen molar-refractivity contribution in [2.75, 3.05) is 7.05 Å². The van der Waals surface area contributed by atoms with Gasteiger partial charge in [-0.1, -0.05) is 36.4 Å². The Hall–Kier alpha value is -1.78. The second-order valence-corrected chi connectivity index (χ2v) is 8.56. The third-order valence-electron chi connectivity index (χ3n) is 3.71. The monoisotopic (exact) mass is 674 g/mol. The molecule has 0 aliphatic carbocycles. The van der Waals surface area contributed by atoms with Crippen LogP contribution in [0, 0.1) is 10.1 Å². The van der Waals surface area contributed by atoms with E-state index in [0.29, 0.717) is 0 Å². The van der Waals surface area contributed by atoms with Crippen molar-refractivity contribution in [3.05, 3.63) is 99.4 Å². The summed E-state index contributed by atoms with van der Waals surface area (Å²) in [4.78, 5) is 20.7. The van der Waals surface area contributed by atoms with Crippen LogP contribution < -0.4 is 37.2 Å². The van der Waals surface area contributed by atoms with Crippen molar-refractivity contribution in [3.63, 3.8) is 0 Å². The second-order valence-electron chi connectivity index (χ2n) is 5.90. The van der Waals surface area contributed by atoms with Gasteiger partial charge in [0.25, 0.3) is 0 Å². The van der Waals surface area contributed by atoms with E-state index < -0.39 is 4.92 Å². The van der Waals surface area contributed by atoms with Crippen LogP contribution in [0.1, 0.15) is 0 Å². The minimum atomic E-state index is -0.500. The summed E-state index contributed by atoms with van der Waals surface area (Å²) in [6.07, 6.45) is 0. The molecule has 3 aromatic heterocycles. The second kappa shape index (κ2) is 19.4. The molecule has 0 aliphatic rings. The fourth-order valence-electron chi connectivity index (χ4n) is 2.41. The van der Waals surface area contributed by atoms with Crippen LogP contribution in [0.4, 0.5) is 0 Å². The average Bonchev–Trinajstić information content (AvgIpc) is 3.54. The summed E-state index contributed by atoms with van der Waals surface area (Å²) in [7, 11) is 0.889. The number of fused-ring (bicyclic) bond motifs is 3. The van der Waals surface area contributed by atoms with Crippen molar-refractivity contribution < 1.29 is 61.6 Å². The summed E-state index contributed by atoms with van der Waals surface area (Å²) in [5, 5.41) is 8.81. The summed E-state index contributed by atoms with van der Waals surface area (Å²) in [5.74, 6) is 0. The maximum absolute atomic E-state index is 8.81. The van der Waals surface area contributed by atoms with Gasteiger partial charge in [0.2, 0.25) is 0 Å². The molecule has 0 radical (unpaired) electrons. The fourth-order valence-corrected chi connectivity index (χ4v) is 4.45. The largest absolute Gasteiger partial charge is 3.00 e. The number of halogens is 3. The van der Waals surface area contributed by atoms with Gasteiger partial charge in [0.1, 0.15) is 0 Å². The molecule has 3 aromatic carbocycles. The van der Waals surface area contributed by atoms with Crippen LogP contribution in [0.3, 0.4) is 0 Å².